The van der Waals surface area contributed by atoms with Gasteiger partial charge in [-0.15, -0.1) is 5.10 Å². The van der Waals surface area contributed by atoms with Crippen LogP contribution in [0.5, 0.6) is 0 Å². The van der Waals surface area contributed by atoms with E-state index in [2.05, 4.69) is 26.9 Å². The van der Waals surface area contributed by atoms with Crippen molar-refractivity contribution >= 4 is 11.3 Å². The molecule has 0 saturated carbocycles. The summed E-state index contributed by atoms with van der Waals surface area (Å²) in [4.78, 5) is 8.29. The van der Waals surface area contributed by atoms with E-state index < -0.39 is 11.7 Å². The molecule has 0 aliphatic carbocycles. The lowest BCUT2D eigenvalue weighted by Crippen LogP contribution is -2.28. The minimum absolute atomic E-state index is 0.497. The third-order valence-electron chi connectivity index (χ3n) is 3.37. The molecule has 0 fully saturated rings. The minimum atomic E-state index is -4.35. The van der Waals surface area contributed by atoms with Gasteiger partial charge in [-0.3, -0.25) is 0 Å². The average molecular weight is 327 g/mol. The van der Waals surface area contributed by atoms with E-state index in [9.17, 15) is 13.2 Å². The van der Waals surface area contributed by atoms with Crippen molar-refractivity contribution in [2.45, 2.75) is 6.18 Å². The number of alkyl halides is 3. The molecular formula is C16H8F3N5. The average Bonchev–Trinajstić information content (AvgIpc) is 3.10. The fourth-order valence-electron chi connectivity index (χ4n) is 2.25. The molecule has 8 heteroatoms. The highest BCUT2D eigenvalue weighted by molar-refractivity contribution is 5.62. The second-order valence-electron chi connectivity index (χ2n) is 5.01. The maximum Gasteiger partial charge on any atom is 0.416 e. The summed E-state index contributed by atoms with van der Waals surface area (Å²) in [6, 6.07) is 4.72. The number of fused-ring (bicyclic) bond motifs is 3. The molecule has 118 valence electrons. The topological polar surface area (TPSA) is 48.4 Å². The molecule has 0 bridgehead atoms. The van der Waals surface area contributed by atoms with Crippen LogP contribution in [-0.4, -0.2) is 14.5 Å². The molecular weight excluding hydrogens is 319 g/mol. The SMILES string of the molecule is FC(F)(F)c1ccc(C#Cc2cn3c4nccnc4[n-][n+]3c2)cc1. The molecule has 3 heterocycles. The highest BCUT2D eigenvalue weighted by Crippen LogP contribution is 2.28. The molecule has 0 spiro atoms. The molecule has 0 aliphatic rings. The Balaban J connectivity index is 1.66. The van der Waals surface area contributed by atoms with E-state index in [4.69, 9.17) is 0 Å². The molecule has 24 heavy (non-hydrogen) atoms. The normalized spacial score (nSPS) is 11.6. The van der Waals surface area contributed by atoms with Crippen molar-refractivity contribution in [1.29, 1.82) is 0 Å². The summed E-state index contributed by atoms with van der Waals surface area (Å²) in [5, 5.41) is 4.24. The van der Waals surface area contributed by atoms with Crippen LogP contribution >= 0.6 is 0 Å². The predicted molar refractivity (Wildman–Crippen MR) is 76.9 cm³/mol. The fraction of sp³-hybridized carbons (Fsp3) is 0.0625. The molecule has 4 rings (SSSR count). The zero-order valence-electron chi connectivity index (χ0n) is 12.0. The zero-order chi connectivity index (χ0) is 16.7. The van der Waals surface area contributed by atoms with Gasteiger partial charge >= 0.3 is 6.18 Å². The summed E-state index contributed by atoms with van der Waals surface area (Å²) in [7, 11) is 0. The summed E-state index contributed by atoms with van der Waals surface area (Å²) < 4.78 is 40.8. The van der Waals surface area contributed by atoms with Crippen LogP contribution < -0.4 is 9.73 Å². The Morgan fingerprint density at radius 3 is 2.46 bits per heavy atom. The molecule has 5 nitrogen and oxygen atoms in total. The smallest absolute Gasteiger partial charge is 0.361 e. The van der Waals surface area contributed by atoms with Gasteiger partial charge < -0.3 is 4.98 Å². The number of hydrogen-bond donors (Lipinski definition) is 0. The Labute approximate surface area is 133 Å². The Morgan fingerprint density at radius 2 is 1.71 bits per heavy atom. The number of benzene rings is 1. The number of hydrogen-bond acceptors (Lipinski definition) is 2. The van der Waals surface area contributed by atoms with Crippen LogP contribution in [0.4, 0.5) is 13.2 Å². The van der Waals surface area contributed by atoms with Crippen LogP contribution in [0, 0.1) is 11.8 Å². The number of halogens is 3. The van der Waals surface area contributed by atoms with Crippen LogP contribution in [0.15, 0.2) is 49.1 Å². The van der Waals surface area contributed by atoms with Gasteiger partial charge in [-0.1, -0.05) is 16.5 Å². The maximum atomic E-state index is 12.5. The summed E-state index contributed by atoms with van der Waals surface area (Å²) in [6.07, 6.45) is 2.21. The molecule has 0 N–H and O–H groups in total. The molecule has 0 radical (unpaired) electrons. The molecule has 1 aromatic carbocycles. The van der Waals surface area contributed by atoms with E-state index in [1.54, 1.807) is 33.9 Å². The van der Waals surface area contributed by atoms with E-state index >= 15 is 0 Å². The second-order valence-corrected chi connectivity index (χ2v) is 5.01. The lowest BCUT2D eigenvalue weighted by molar-refractivity contribution is -0.674. The van der Waals surface area contributed by atoms with Gasteiger partial charge in [0.15, 0.2) is 5.65 Å². The molecule has 0 aliphatic heterocycles. The van der Waals surface area contributed by atoms with E-state index in [-0.39, 0.29) is 0 Å². The van der Waals surface area contributed by atoms with E-state index in [1.807, 2.05) is 0 Å². The number of rotatable bonds is 0. The summed E-state index contributed by atoms with van der Waals surface area (Å²) >= 11 is 0. The molecule has 0 amide bonds. The van der Waals surface area contributed by atoms with E-state index in [0.717, 1.165) is 12.1 Å². The first kappa shape index (κ1) is 14.3. The predicted octanol–water partition coefficient (Wildman–Crippen LogP) is 1.84. The van der Waals surface area contributed by atoms with Gasteiger partial charge in [0.1, 0.15) is 5.65 Å². The van der Waals surface area contributed by atoms with Crippen molar-refractivity contribution in [2.24, 2.45) is 0 Å². The van der Waals surface area contributed by atoms with Gasteiger partial charge in [0, 0.05) is 18.0 Å². The molecule has 4 aromatic rings. The summed E-state index contributed by atoms with van der Waals surface area (Å²) in [5.41, 5.74) is 1.58. The number of aromatic nitrogens is 5. The Bertz CT molecular complexity index is 1090. The lowest BCUT2D eigenvalue weighted by Gasteiger charge is -2.05. The number of nitrogens with zero attached hydrogens (tertiary/aromatic N) is 5. The molecule has 0 unspecified atom stereocenters. The Morgan fingerprint density at radius 1 is 1.00 bits per heavy atom. The largest absolute Gasteiger partial charge is 0.416 e. The summed E-state index contributed by atoms with van der Waals surface area (Å²) in [5.74, 6) is 5.73. The van der Waals surface area contributed by atoms with Crippen LogP contribution in [0.1, 0.15) is 16.7 Å². The fourth-order valence-corrected chi connectivity index (χ4v) is 2.25. The van der Waals surface area contributed by atoms with Gasteiger partial charge in [-0.05, 0) is 30.5 Å². The van der Waals surface area contributed by atoms with Crippen molar-refractivity contribution in [3.63, 3.8) is 0 Å². The van der Waals surface area contributed by atoms with Crippen molar-refractivity contribution in [3.05, 3.63) is 65.7 Å². The van der Waals surface area contributed by atoms with Gasteiger partial charge in [-0.25, -0.2) is 4.98 Å². The van der Waals surface area contributed by atoms with E-state index in [1.165, 1.54) is 12.1 Å². The van der Waals surface area contributed by atoms with Crippen LogP contribution in [-0.2, 0) is 6.18 Å². The van der Waals surface area contributed by atoms with E-state index in [0.29, 0.717) is 22.4 Å². The standard InChI is InChI=1S/C16H8F3N5/c17-16(18,19)13-5-3-11(4-6-13)1-2-12-9-23-15-14(20-7-8-21-15)22-24(23)10-12/h3-10H. The molecule has 0 saturated heterocycles. The van der Waals surface area contributed by atoms with Crippen molar-refractivity contribution < 1.29 is 17.8 Å². The van der Waals surface area contributed by atoms with Crippen molar-refractivity contribution in [2.75, 3.05) is 0 Å². The van der Waals surface area contributed by atoms with Crippen molar-refractivity contribution in [3.8, 4) is 11.8 Å². The van der Waals surface area contributed by atoms with Gasteiger partial charge in [0.05, 0.1) is 11.1 Å². The Kier molecular flexibility index (Phi) is 3.03. The van der Waals surface area contributed by atoms with Crippen LogP contribution in [0.2, 0.25) is 0 Å². The second kappa shape index (κ2) is 5.09. The van der Waals surface area contributed by atoms with Crippen LogP contribution in [0.25, 0.3) is 11.3 Å². The van der Waals surface area contributed by atoms with Crippen molar-refractivity contribution in [1.82, 2.24) is 19.6 Å². The molecule has 3 aromatic heterocycles. The quantitative estimate of drug-likeness (QED) is 0.366. The zero-order valence-corrected chi connectivity index (χ0v) is 12.0. The lowest BCUT2D eigenvalue weighted by atomic mass is 10.1. The third-order valence-corrected chi connectivity index (χ3v) is 3.37. The molecule has 0 atom stereocenters. The van der Waals surface area contributed by atoms with Crippen LogP contribution in [0.3, 0.4) is 0 Å². The highest BCUT2D eigenvalue weighted by atomic mass is 19.4. The first-order chi connectivity index (χ1) is 11.5. The third kappa shape index (κ3) is 2.46. The maximum absolute atomic E-state index is 12.5. The Hall–Kier alpha value is -3.34. The first-order valence-electron chi connectivity index (χ1n) is 6.88. The highest BCUT2D eigenvalue weighted by Gasteiger charge is 2.29. The first-order valence-corrected chi connectivity index (χ1v) is 6.88. The monoisotopic (exact) mass is 327 g/mol. The van der Waals surface area contributed by atoms with Gasteiger partial charge in [0.25, 0.3) is 0 Å². The van der Waals surface area contributed by atoms with Gasteiger partial charge in [-0.2, -0.15) is 17.7 Å². The van der Waals surface area contributed by atoms with Gasteiger partial charge in [0.2, 0.25) is 6.20 Å². The minimum Gasteiger partial charge on any atom is -0.361 e. The summed E-state index contributed by atoms with van der Waals surface area (Å²) in [6.45, 7) is 0.